The number of benzene rings is 1. The molecule has 21 heavy (non-hydrogen) atoms. The van der Waals surface area contributed by atoms with E-state index in [9.17, 15) is 8.42 Å². The number of sulfone groups is 1. The van der Waals surface area contributed by atoms with Crippen LogP contribution in [0.25, 0.3) is 16.5 Å². The predicted molar refractivity (Wildman–Crippen MR) is 83.7 cm³/mol. The van der Waals surface area contributed by atoms with Crippen molar-refractivity contribution in [1.29, 1.82) is 0 Å². The normalized spacial score (nSPS) is 27.6. The third kappa shape index (κ3) is 2.02. The van der Waals surface area contributed by atoms with Crippen molar-refractivity contribution in [2.24, 2.45) is 7.05 Å². The summed E-state index contributed by atoms with van der Waals surface area (Å²) in [6.07, 6.45) is 7.23. The summed E-state index contributed by atoms with van der Waals surface area (Å²) in [5.41, 5.74) is 3.26. The molecule has 0 spiro atoms. The maximum absolute atomic E-state index is 12.3. The maximum Gasteiger partial charge on any atom is 0.159 e. The van der Waals surface area contributed by atoms with Gasteiger partial charge in [-0.05, 0) is 36.5 Å². The molecule has 2 bridgehead atoms. The van der Waals surface area contributed by atoms with Crippen LogP contribution in [0, 0.1) is 0 Å². The third-order valence-electron chi connectivity index (χ3n) is 4.73. The van der Waals surface area contributed by atoms with Crippen molar-refractivity contribution in [3.05, 3.63) is 36.0 Å². The van der Waals surface area contributed by atoms with Gasteiger partial charge in [0.25, 0.3) is 0 Å². The van der Waals surface area contributed by atoms with Gasteiger partial charge in [0.2, 0.25) is 0 Å². The predicted octanol–water partition coefficient (Wildman–Crippen LogP) is 2.70. The van der Waals surface area contributed by atoms with E-state index in [4.69, 9.17) is 0 Å². The standard InChI is InChI=1S/C16H18N2O2S/c1-18-10-12-6-5-11(9-16(12)17-18)13-7-14-3-2-4-15(8-13)21(14,19)20/h5-7,9-10,14-15H,2-4,8H2,1H3. The molecule has 4 rings (SSSR count). The smallest absolute Gasteiger partial charge is 0.159 e. The van der Waals surface area contributed by atoms with Crippen molar-refractivity contribution >= 4 is 26.3 Å². The van der Waals surface area contributed by atoms with Crippen LogP contribution in [-0.2, 0) is 16.9 Å². The van der Waals surface area contributed by atoms with Gasteiger partial charge in [-0.1, -0.05) is 24.6 Å². The van der Waals surface area contributed by atoms with Gasteiger partial charge < -0.3 is 0 Å². The molecule has 2 aromatic rings. The number of hydrogen-bond acceptors (Lipinski definition) is 3. The molecule has 4 nitrogen and oxygen atoms in total. The highest BCUT2D eigenvalue weighted by Gasteiger charge is 2.40. The molecule has 2 aliphatic rings. The van der Waals surface area contributed by atoms with Gasteiger partial charge in [0.1, 0.15) is 0 Å². The van der Waals surface area contributed by atoms with E-state index in [-0.39, 0.29) is 10.5 Å². The van der Waals surface area contributed by atoms with E-state index in [1.807, 2.05) is 24.0 Å². The third-order valence-corrected chi connectivity index (χ3v) is 7.28. The van der Waals surface area contributed by atoms with E-state index >= 15 is 0 Å². The molecule has 2 atom stereocenters. The van der Waals surface area contributed by atoms with Crippen molar-refractivity contribution in [3.63, 3.8) is 0 Å². The first-order valence-electron chi connectivity index (χ1n) is 7.41. The van der Waals surface area contributed by atoms with E-state index in [2.05, 4.69) is 23.3 Å². The first kappa shape index (κ1) is 13.1. The first-order chi connectivity index (χ1) is 10.0. The van der Waals surface area contributed by atoms with Crippen LogP contribution in [0.4, 0.5) is 0 Å². The molecule has 0 radical (unpaired) electrons. The number of hydrogen-bond donors (Lipinski definition) is 0. The van der Waals surface area contributed by atoms with Crippen LogP contribution in [0.15, 0.2) is 30.5 Å². The van der Waals surface area contributed by atoms with E-state index in [1.165, 1.54) is 5.57 Å². The van der Waals surface area contributed by atoms with E-state index in [0.29, 0.717) is 6.42 Å². The fraction of sp³-hybridized carbons (Fsp3) is 0.438. The Labute approximate surface area is 124 Å². The van der Waals surface area contributed by atoms with Crippen LogP contribution in [0.1, 0.15) is 31.2 Å². The fourth-order valence-corrected chi connectivity index (χ4v) is 5.86. The number of aryl methyl sites for hydroxylation is 1. The van der Waals surface area contributed by atoms with Gasteiger partial charge in [-0.25, -0.2) is 8.42 Å². The van der Waals surface area contributed by atoms with Crippen molar-refractivity contribution in [2.45, 2.75) is 36.2 Å². The summed E-state index contributed by atoms with van der Waals surface area (Å²) < 4.78 is 26.5. The minimum Gasteiger partial charge on any atom is -0.275 e. The Morgan fingerprint density at radius 3 is 2.95 bits per heavy atom. The zero-order valence-corrected chi connectivity index (χ0v) is 12.8. The van der Waals surface area contributed by atoms with Gasteiger partial charge in [-0.3, -0.25) is 4.68 Å². The molecule has 5 heteroatoms. The van der Waals surface area contributed by atoms with Crippen LogP contribution in [0.3, 0.4) is 0 Å². The summed E-state index contributed by atoms with van der Waals surface area (Å²) in [5, 5.41) is 5.09. The Balaban J connectivity index is 1.80. The molecule has 2 aliphatic heterocycles. The molecule has 0 amide bonds. The summed E-state index contributed by atoms with van der Waals surface area (Å²) >= 11 is 0. The lowest BCUT2D eigenvalue weighted by atomic mass is 9.93. The highest BCUT2D eigenvalue weighted by molar-refractivity contribution is 7.93. The summed E-state index contributed by atoms with van der Waals surface area (Å²) in [5.74, 6) is 0. The topological polar surface area (TPSA) is 52.0 Å². The SMILES string of the molecule is Cn1cc2ccc(C3=CC4CCCC(C3)S4(=O)=O)cc2n1. The number of nitrogens with zero attached hydrogens (tertiary/aromatic N) is 2. The van der Waals surface area contributed by atoms with E-state index in [0.717, 1.165) is 35.7 Å². The average molecular weight is 302 g/mol. The number of allylic oxidation sites excluding steroid dienone is 1. The average Bonchev–Trinajstić information content (AvgIpc) is 2.76. The molecule has 1 fully saturated rings. The van der Waals surface area contributed by atoms with Gasteiger partial charge >= 0.3 is 0 Å². The summed E-state index contributed by atoms with van der Waals surface area (Å²) in [4.78, 5) is 0. The summed E-state index contributed by atoms with van der Waals surface area (Å²) in [7, 11) is -1.03. The Morgan fingerprint density at radius 1 is 1.29 bits per heavy atom. The molecule has 1 aromatic carbocycles. The van der Waals surface area contributed by atoms with Crippen LogP contribution in [0.5, 0.6) is 0 Å². The monoisotopic (exact) mass is 302 g/mol. The Morgan fingerprint density at radius 2 is 2.14 bits per heavy atom. The summed E-state index contributed by atoms with van der Waals surface area (Å²) in [6.45, 7) is 0. The molecule has 3 heterocycles. The molecule has 0 saturated carbocycles. The quantitative estimate of drug-likeness (QED) is 0.814. The maximum atomic E-state index is 12.3. The number of aromatic nitrogens is 2. The van der Waals surface area contributed by atoms with Crippen LogP contribution < -0.4 is 0 Å². The second-order valence-corrected chi connectivity index (χ2v) is 8.60. The lowest BCUT2D eigenvalue weighted by molar-refractivity contribution is 0.518. The van der Waals surface area contributed by atoms with Crippen LogP contribution >= 0.6 is 0 Å². The minimum atomic E-state index is -2.94. The lowest BCUT2D eigenvalue weighted by Crippen LogP contribution is -2.38. The lowest BCUT2D eigenvalue weighted by Gasteiger charge is -2.33. The second-order valence-electron chi connectivity index (χ2n) is 6.15. The number of fused-ring (bicyclic) bond motifs is 3. The van der Waals surface area contributed by atoms with Crippen molar-refractivity contribution in [1.82, 2.24) is 9.78 Å². The molecule has 2 unspecified atom stereocenters. The molecular formula is C16H18N2O2S. The Hall–Kier alpha value is -1.62. The van der Waals surface area contributed by atoms with Gasteiger partial charge in [0, 0.05) is 18.6 Å². The highest BCUT2D eigenvalue weighted by atomic mass is 32.2. The highest BCUT2D eigenvalue weighted by Crippen LogP contribution is 2.39. The summed E-state index contributed by atoms with van der Waals surface area (Å²) in [6, 6.07) is 6.23. The second kappa shape index (κ2) is 4.44. The van der Waals surface area contributed by atoms with Gasteiger partial charge in [-0.2, -0.15) is 5.10 Å². The molecule has 110 valence electrons. The van der Waals surface area contributed by atoms with Crippen molar-refractivity contribution in [3.8, 4) is 0 Å². The minimum absolute atomic E-state index is 0.185. The van der Waals surface area contributed by atoms with Crippen LogP contribution in [0.2, 0.25) is 0 Å². The molecular weight excluding hydrogens is 284 g/mol. The molecule has 0 N–H and O–H groups in total. The van der Waals surface area contributed by atoms with E-state index in [1.54, 1.807) is 0 Å². The first-order valence-corrected chi connectivity index (χ1v) is 9.02. The largest absolute Gasteiger partial charge is 0.275 e. The molecule has 1 aromatic heterocycles. The zero-order chi connectivity index (χ0) is 14.6. The van der Waals surface area contributed by atoms with E-state index < -0.39 is 9.84 Å². The van der Waals surface area contributed by atoms with Crippen LogP contribution in [-0.4, -0.2) is 28.7 Å². The number of rotatable bonds is 1. The van der Waals surface area contributed by atoms with Crippen molar-refractivity contribution < 1.29 is 8.42 Å². The Bertz CT molecular complexity index is 848. The van der Waals surface area contributed by atoms with Crippen molar-refractivity contribution in [2.75, 3.05) is 0 Å². The molecule has 1 saturated heterocycles. The van der Waals surface area contributed by atoms with Gasteiger partial charge in [-0.15, -0.1) is 0 Å². The van der Waals surface area contributed by atoms with Gasteiger partial charge in [0.05, 0.1) is 16.0 Å². The molecule has 0 aliphatic carbocycles. The van der Waals surface area contributed by atoms with Gasteiger partial charge in [0.15, 0.2) is 9.84 Å². The zero-order valence-electron chi connectivity index (χ0n) is 12.0. The Kier molecular flexibility index (Phi) is 2.76. The fourth-order valence-electron chi connectivity index (χ4n) is 3.61.